The van der Waals surface area contributed by atoms with Crippen LogP contribution in [-0.2, 0) is 21.7 Å². The van der Waals surface area contributed by atoms with Gasteiger partial charge in [0.2, 0.25) is 0 Å². The zero-order valence-corrected chi connectivity index (χ0v) is 12.7. The third-order valence-corrected chi connectivity index (χ3v) is 5.30. The first kappa shape index (κ1) is 14.0. The standard InChI is InChI=1S/C17H20FNO3/c1-2-21-16(20)19-13-5-6-14(19)9-17(8-13)15-7-12(18)4-3-11(15)10-22-17/h3-4,7,13-14H,2,5-6,8-10H2,1H3. The molecule has 0 aliphatic carbocycles. The second-order valence-electron chi connectivity index (χ2n) is 6.48. The number of benzene rings is 1. The fourth-order valence-corrected chi connectivity index (χ4v) is 4.43. The lowest BCUT2D eigenvalue weighted by Crippen LogP contribution is -2.52. The molecule has 2 fully saturated rings. The molecule has 2 saturated heterocycles. The van der Waals surface area contributed by atoms with Crippen molar-refractivity contribution in [1.29, 1.82) is 0 Å². The maximum atomic E-state index is 13.7. The van der Waals surface area contributed by atoms with E-state index in [4.69, 9.17) is 9.47 Å². The minimum atomic E-state index is -0.424. The van der Waals surface area contributed by atoms with Crippen molar-refractivity contribution in [3.05, 3.63) is 35.1 Å². The molecule has 2 unspecified atom stereocenters. The molecule has 3 aliphatic rings. The van der Waals surface area contributed by atoms with Crippen molar-refractivity contribution in [2.24, 2.45) is 0 Å². The van der Waals surface area contributed by atoms with Crippen molar-refractivity contribution in [3.63, 3.8) is 0 Å². The molecule has 3 aliphatic heterocycles. The summed E-state index contributed by atoms with van der Waals surface area (Å²) in [6.07, 6.45) is 3.19. The van der Waals surface area contributed by atoms with Crippen LogP contribution in [-0.4, -0.2) is 29.7 Å². The van der Waals surface area contributed by atoms with Gasteiger partial charge in [-0.25, -0.2) is 9.18 Å². The number of rotatable bonds is 1. The SMILES string of the molecule is CCOC(=O)N1C2CCC1CC1(C2)OCc2ccc(F)cc21. The van der Waals surface area contributed by atoms with Crippen LogP contribution in [0.2, 0.25) is 0 Å². The molecular weight excluding hydrogens is 285 g/mol. The first-order valence-corrected chi connectivity index (χ1v) is 8.01. The van der Waals surface area contributed by atoms with Crippen LogP contribution in [0, 0.1) is 5.82 Å². The molecule has 0 saturated carbocycles. The molecule has 4 nitrogen and oxygen atoms in total. The molecule has 5 heteroatoms. The maximum absolute atomic E-state index is 13.7. The fourth-order valence-electron chi connectivity index (χ4n) is 4.43. The smallest absolute Gasteiger partial charge is 0.410 e. The molecule has 2 bridgehead atoms. The van der Waals surface area contributed by atoms with Gasteiger partial charge in [0.25, 0.3) is 0 Å². The van der Waals surface area contributed by atoms with Crippen LogP contribution in [0.5, 0.6) is 0 Å². The van der Waals surface area contributed by atoms with Gasteiger partial charge in [-0.05, 0) is 43.0 Å². The van der Waals surface area contributed by atoms with Gasteiger partial charge in [-0.3, -0.25) is 0 Å². The third kappa shape index (κ3) is 1.95. The summed E-state index contributed by atoms with van der Waals surface area (Å²) in [5.74, 6) is -0.219. The van der Waals surface area contributed by atoms with Crippen LogP contribution in [0.3, 0.4) is 0 Å². The van der Waals surface area contributed by atoms with Crippen LogP contribution in [0.25, 0.3) is 0 Å². The van der Waals surface area contributed by atoms with Gasteiger partial charge in [-0.15, -0.1) is 0 Å². The van der Waals surface area contributed by atoms with E-state index in [1.165, 1.54) is 6.07 Å². The van der Waals surface area contributed by atoms with Crippen LogP contribution in [0.4, 0.5) is 9.18 Å². The highest BCUT2D eigenvalue weighted by Gasteiger charge is 2.54. The first-order chi connectivity index (χ1) is 10.6. The summed E-state index contributed by atoms with van der Waals surface area (Å²) in [5, 5.41) is 0. The summed E-state index contributed by atoms with van der Waals surface area (Å²) >= 11 is 0. The van der Waals surface area contributed by atoms with Crippen LogP contribution in [0.15, 0.2) is 18.2 Å². The predicted octanol–water partition coefficient (Wildman–Crippen LogP) is 3.33. The van der Waals surface area contributed by atoms with E-state index in [1.54, 1.807) is 6.07 Å². The van der Waals surface area contributed by atoms with E-state index >= 15 is 0 Å². The molecule has 4 rings (SSSR count). The molecule has 1 aromatic rings. The molecular formula is C17H20FNO3. The molecule has 1 aromatic carbocycles. The number of halogens is 1. The molecule has 2 atom stereocenters. The number of piperidine rings is 1. The zero-order chi connectivity index (χ0) is 15.3. The number of ether oxygens (including phenoxy) is 2. The molecule has 3 heterocycles. The van der Waals surface area contributed by atoms with Crippen molar-refractivity contribution >= 4 is 6.09 Å². The van der Waals surface area contributed by atoms with Crippen LogP contribution in [0.1, 0.15) is 43.7 Å². The first-order valence-electron chi connectivity index (χ1n) is 8.01. The molecule has 0 radical (unpaired) electrons. The summed E-state index contributed by atoms with van der Waals surface area (Å²) in [7, 11) is 0. The quantitative estimate of drug-likeness (QED) is 0.799. The molecule has 118 valence electrons. The molecule has 0 aromatic heterocycles. The lowest BCUT2D eigenvalue weighted by Gasteiger charge is -2.44. The Labute approximate surface area is 129 Å². The predicted molar refractivity (Wildman–Crippen MR) is 77.8 cm³/mol. The van der Waals surface area contributed by atoms with Crippen molar-refractivity contribution in [3.8, 4) is 0 Å². The van der Waals surface area contributed by atoms with Gasteiger partial charge >= 0.3 is 6.09 Å². The average Bonchev–Trinajstić information content (AvgIpc) is 2.96. The number of hydrogen-bond donors (Lipinski definition) is 0. The number of carbonyl (C=O) groups is 1. The highest BCUT2D eigenvalue weighted by molar-refractivity contribution is 5.69. The molecule has 0 N–H and O–H groups in total. The monoisotopic (exact) mass is 305 g/mol. The van der Waals surface area contributed by atoms with Crippen molar-refractivity contribution < 1.29 is 18.7 Å². The number of amides is 1. The Bertz CT molecular complexity index is 604. The topological polar surface area (TPSA) is 38.8 Å². The lowest BCUT2D eigenvalue weighted by atomic mass is 9.80. The minimum Gasteiger partial charge on any atom is -0.450 e. The minimum absolute atomic E-state index is 0.131. The Morgan fingerprint density at radius 3 is 2.82 bits per heavy atom. The molecule has 1 amide bonds. The van der Waals surface area contributed by atoms with Gasteiger partial charge in [0.15, 0.2) is 0 Å². The van der Waals surface area contributed by atoms with E-state index in [0.717, 1.165) is 36.8 Å². The van der Waals surface area contributed by atoms with E-state index in [0.29, 0.717) is 13.2 Å². The van der Waals surface area contributed by atoms with Gasteiger partial charge in [0.05, 0.1) is 18.8 Å². The van der Waals surface area contributed by atoms with Gasteiger partial charge in [-0.1, -0.05) is 6.07 Å². The Morgan fingerprint density at radius 2 is 2.14 bits per heavy atom. The van der Waals surface area contributed by atoms with E-state index in [-0.39, 0.29) is 24.0 Å². The summed E-state index contributed by atoms with van der Waals surface area (Å²) in [6, 6.07) is 5.18. The Hall–Kier alpha value is -1.62. The second kappa shape index (κ2) is 4.95. The summed E-state index contributed by atoms with van der Waals surface area (Å²) in [6.45, 7) is 2.75. The number of fused-ring (bicyclic) bond motifs is 4. The lowest BCUT2D eigenvalue weighted by molar-refractivity contribution is -0.0957. The van der Waals surface area contributed by atoms with E-state index in [2.05, 4.69) is 0 Å². The van der Waals surface area contributed by atoms with Crippen LogP contribution < -0.4 is 0 Å². The highest BCUT2D eigenvalue weighted by atomic mass is 19.1. The largest absolute Gasteiger partial charge is 0.450 e. The van der Waals surface area contributed by atoms with Gasteiger partial charge in [-0.2, -0.15) is 0 Å². The van der Waals surface area contributed by atoms with Crippen LogP contribution >= 0.6 is 0 Å². The van der Waals surface area contributed by atoms with Gasteiger partial charge in [0, 0.05) is 24.9 Å². The van der Waals surface area contributed by atoms with E-state index < -0.39 is 5.60 Å². The van der Waals surface area contributed by atoms with E-state index in [1.807, 2.05) is 17.9 Å². The summed E-state index contributed by atoms with van der Waals surface area (Å²) in [5.41, 5.74) is 1.63. The Morgan fingerprint density at radius 1 is 1.41 bits per heavy atom. The normalized spacial score (nSPS) is 32.4. The van der Waals surface area contributed by atoms with Gasteiger partial charge in [0.1, 0.15) is 5.82 Å². The number of nitrogens with zero attached hydrogens (tertiary/aromatic N) is 1. The van der Waals surface area contributed by atoms with Crippen molar-refractivity contribution in [2.45, 2.75) is 56.9 Å². The summed E-state index contributed by atoms with van der Waals surface area (Å²) in [4.78, 5) is 14.0. The fraction of sp³-hybridized carbons (Fsp3) is 0.588. The van der Waals surface area contributed by atoms with Gasteiger partial charge < -0.3 is 14.4 Å². The highest BCUT2D eigenvalue weighted by Crippen LogP contribution is 2.52. The second-order valence-corrected chi connectivity index (χ2v) is 6.48. The third-order valence-electron chi connectivity index (χ3n) is 5.30. The molecule has 22 heavy (non-hydrogen) atoms. The maximum Gasteiger partial charge on any atom is 0.410 e. The number of carbonyl (C=O) groups excluding carboxylic acids is 1. The zero-order valence-electron chi connectivity index (χ0n) is 12.7. The Kier molecular flexibility index (Phi) is 3.15. The average molecular weight is 305 g/mol. The molecule has 1 spiro atoms. The summed E-state index contributed by atoms with van der Waals surface area (Å²) < 4.78 is 25.0. The Balaban J connectivity index is 1.64. The van der Waals surface area contributed by atoms with Crippen molar-refractivity contribution in [1.82, 2.24) is 4.90 Å². The van der Waals surface area contributed by atoms with Crippen molar-refractivity contribution in [2.75, 3.05) is 6.61 Å². The van der Waals surface area contributed by atoms with E-state index in [9.17, 15) is 9.18 Å². The number of hydrogen-bond acceptors (Lipinski definition) is 3.